The van der Waals surface area contributed by atoms with Crippen LogP contribution < -0.4 is 4.90 Å². The minimum Gasteiger partial charge on any atom is -0.479 e. The zero-order valence-corrected chi connectivity index (χ0v) is 23.3. The van der Waals surface area contributed by atoms with Crippen LogP contribution in [-0.2, 0) is 23.5 Å². The van der Waals surface area contributed by atoms with E-state index < -0.39 is 12.0 Å². The van der Waals surface area contributed by atoms with Crippen LogP contribution in [0.1, 0.15) is 55.2 Å². The number of hydrogen-bond acceptors (Lipinski definition) is 5. The molecule has 0 aliphatic carbocycles. The van der Waals surface area contributed by atoms with Gasteiger partial charge in [-0.15, -0.1) is 10.2 Å². The second-order valence-electron chi connectivity index (χ2n) is 9.07. The van der Waals surface area contributed by atoms with Gasteiger partial charge in [-0.3, -0.25) is 0 Å². The average molecular weight is 549 g/mol. The van der Waals surface area contributed by atoms with Crippen molar-refractivity contribution < 1.29 is 9.90 Å². The summed E-state index contributed by atoms with van der Waals surface area (Å²) in [5.41, 5.74) is 3.84. The Labute approximate surface area is 233 Å². The first-order chi connectivity index (χ1) is 18.5. The third-order valence-electron chi connectivity index (χ3n) is 6.46. The van der Waals surface area contributed by atoms with Crippen molar-refractivity contribution in [3.05, 3.63) is 106 Å². The number of hydrogen-bond donors (Lipinski definition) is 1. The number of unbranched alkanes of at least 4 members (excludes halogenated alkanes) is 1. The molecule has 4 aromatic rings. The van der Waals surface area contributed by atoms with Gasteiger partial charge in [0, 0.05) is 29.4 Å². The molecular formula is C30H33ClN4O2S. The molecule has 0 spiro atoms. The Morgan fingerprint density at radius 3 is 2.39 bits per heavy atom. The van der Waals surface area contributed by atoms with E-state index >= 15 is 0 Å². The van der Waals surface area contributed by atoms with E-state index in [0.29, 0.717) is 13.1 Å². The minimum atomic E-state index is -0.875. The van der Waals surface area contributed by atoms with Crippen molar-refractivity contribution >= 4 is 35.0 Å². The van der Waals surface area contributed by atoms with Crippen LogP contribution >= 0.6 is 23.4 Å². The summed E-state index contributed by atoms with van der Waals surface area (Å²) in [4.78, 5) is 14.5. The number of carboxylic acids is 1. The van der Waals surface area contributed by atoms with Gasteiger partial charge in [0.05, 0.1) is 6.54 Å². The topological polar surface area (TPSA) is 71.2 Å². The number of halogens is 1. The van der Waals surface area contributed by atoms with Crippen LogP contribution in [0.25, 0.3) is 0 Å². The van der Waals surface area contributed by atoms with Crippen molar-refractivity contribution in [1.82, 2.24) is 14.8 Å². The fourth-order valence-electron chi connectivity index (χ4n) is 4.51. The molecule has 0 aliphatic heterocycles. The van der Waals surface area contributed by atoms with E-state index in [0.717, 1.165) is 63.4 Å². The lowest BCUT2D eigenvalue weighted by molar-refractivity contribution is -0.138. The van der Waals surface area contributed by atoms with Gasteiger partial charge in [-0.1, -0.05) is 97.4 Å². The molecule has 1 N–H and O–H groups in total. The van der Waals surface area contributed by atoms with E-state index in [2.05, 4.69) is 27.8 Å². The summed E-state index contributed by atoms with van der Waals surface area (Å²) in [6.45, 7) is 5.27. The standard InChI is InChI=1S/C30H33ClN4O2S/c1-3-5-15-27-32-33-30(38-21-22-16-18-25(31)19-17-22)35(27)20-24-13-9-10-14-26(24)34(4-2)28(29(36)37)23-11-7-6-8-12-23/h6-14,16-19,28H,3-5,15,20-21H2,1-2H3,(H,36,37). The van der Waals surface area contributed by atoms with Gasteiger partial charge in [0.1, 0.15) is 5.82 Å². The molecule has 0 saturated heterocycles. The van der Waals surface area contributed by atoms with Crippen LogP contribution in [-0.4, -0.2) is 32.4 Å². The van der Waals surface area contributed by atoms with Gasteiger partial charge in [0.25, 0.3) is 0 Å². The summed E-state index contributed by atoms with van der Waals surface area (Å²) in [6.07, 6.45) is 2.93. The average Bonchev–Trinajstić information content (AvgIpc) is 3.31. The third kappa shape index (κ3) is 6.77. The minimum absolute atomic E-state index is 0.548. The zero-order chi connectivity index (χ0) is 26.9. The first-order valence-electron chi connectivity index (χ1n) is 12.9. The Bertz CT molecular complexity index is 1330. The van der Waals surface area contributed by atoms with E-state index in [9.17, 15) is 9.90 Å². The van der Waals surface area contributed by atoms with Gasteiger partial charge in [-0.25, -0.2) is 4.79 Å². The van der Waals surface area contributed by atoms with E-state index in [1.54, 1.807) is 11.8 Å². The zero-order valence-electron chi connectivity index (χ0n) is 21.8. The molecule has 0 bridgehead atoms. The van der Waals surface area contributed by atoms with Crippen molar-refractivity contribution in [2.45, 2.75) is 56.6 Å². The number of anilines is 1. The fraction of sp³-hybridized carbons (Fsp3) is 0.300. The first-order valence-corrected chi connectivity index (χ1v) is 14.3. The molecule has 0 amide bonds. The molecule has 0 fully saturated rings. The number of thioether (sulfide) groups is 1. The van der Waals surface area contributed by atoms with Crippen molar-refractivity contribution in [3.8, 4) is 0 Å². The smallest absolute Gasteiger partial charge is 0.331 e. The molecule has 0 radical (unpaired) electrons. The number of aliphatic carboxylic acids is 1. The molecule has 1 heterocycles. The Kier molecular flexibility index (Phi) is 9.85. The van der Waals surface area contributed by atoms with Crippen LogP contribution in [0.3, 0.4) is 0 Å². The number of aryl methyl sites for hydroxylation is 1. The molecule has 198 valence electrons. The van der Waals surface area contributed by atoms with Crippen LogP contribution in [0.15, 0.2) is 84.0 Å². The molecule has 0 saturated carbocycles. The van der Waals surface area contributed by atoms with Gasteiger partial charge in [-0.2, -0.15) is 0 Å². The normalized spacial score (nSPS) is 11.9. The van der Waals surface area contributed by atoms with Crippen molar-refractivity contribution in [2.75, 3.05) is 11.4 Å². The molecule has 0 aliphatic rings. The van der Waals surface area contributed by atoms with Crippen LogP contribution in [0, 0.1) is 0 Å². The highest BCUT2D eigenvalue weighted by Crippen LogP contribution is 2.32. The Balaban J connectivity index is 1.67. The van der Waals surface area contributed by atoms with Gasteiger partial charge in [0.2, 0.25) is 0 Å². The maximum atomic E-state index is 12.5. The molecule has 1 atom stereocenters. The molecule has 6 nitrogen and oxygen atoms in total. The highest BCUT2D eigenvalue weighted by molar-refractivity contribution is 7.98. The van der Waals surface area contributed by atoms with Crippen LogP contribution in [0.4, 0.5) is 5.69 Å². The quantitative estimate of drug-likeness (QED) is 0.177. The summed E-state index contributed by atoms with van der Waals surface area (Å²) < 4.78 is 2.18. The summed E-state index contributed by atoms with van der Waals surface area (Å²) in [5.74, 6) is 0.821. The SMILES string of the molecule is CCCCc1nnc(SCc2ccc(Cl)cc2)n1Cc1ccccc1N(CC)C(C(=O)O)c1ccccc1. The highest BCUT2D eigenvalue weighted by atomic mass is 35.5. The van der Waals surface area contributed by atoms with E-state index in [4.69, 9.17) is 11.6 Å². The summed E-state index contributed by atoms with van der Waals surface area (Å²) in [6, 6.07) is 24.5. The lowest BCUT2D eigenvalue weighted by Gasteiger charge is -2.32. The second-order valence-corrected chi connectivity index (χ2v) is 10.4. The lowest BCUT2D eigenvalue weighted by Crippen LogP contribution is -2.35. The summed E-state index contributed by atoms with van der Waals surface area (Å²) in [5, 5.41) is 20.9. The predicted octanol–water partition coefficient (Wildman–Crippen LogP) is 7.27. The van der Waals surface area contributed by atoms with Crippen molar-refractivity contribution in [3.63, 3.8) is 0 Å². The number of likely N-dealkylation sites (N-methyl/N-ethyl adjacent to an activating group) is 1. The molecule has 1 unspecified atom stereocenters. The van der Waals surface area contributed by atoms with Crippen molar-refractivity contribution in [2.24, 2.45) is 0 Å². The maximum absolute atomic E-state index is 12.5. The molecule has 3 aromatic carbocycles. The van der Waals surface area contributed by atoms with E-state index in [1.165, 1.54) is 0 Å². The van der Waals surface area contributed by atoms with E-state index in [-0.39, 0.29) is 0 Å². The number of nitrogens with zero attached hydrogens (tertiary/aromatic N) is 4. The number of para-hydroxylation sites is 1. The second kappa shape index (κ2) is 13.5. The van der Waals surface area contributed by atoms with Crippen LogP contribution in [0.5, 0.6) is 0 Å². The first kappa shape index (κ1) is 27.7. The maximum Gasteiger partial charge on any atom is 0.331 e. The molecule has 8 heteroatoms. The fourth-order valence-corrected chi connectivity index (χ4v) is 5.55. The number of carbonyl (C=O) groups is 1. The lowest BCUT2D eigenvalue weighted by atomic mass is 10.0. The largest absolute Gasteiger partial charge is 0.479 e. The van der Waals surface area contributed by atoms with Gasteiger partial charge >= 0.3 is 5.97 Å². The number of aromatic nitrogens is 3. The summed E-state index contributed by atoms with van der Waals surface area (Å²) in [7, 11) is 0. The van der Waals surface area contributed by atoms with Gasteiger partial charge in [0.15, 0.2) is 11.2 Å². The third-order valence-corrected chi connectivity index (χ3v) is 7.75. The molecular weight excluding hydrogens is 516 g/mol. The molecule has 1 aromatic heterocycles. The summed E-state index contributed by atoms with van der Waals surface area (Å²) >= 11 is 7.70. The number of benzene rings is 3. The molecule has 38 heavy (non-hydrogen) atoms. The Morgan fingerprint density at radius 1 is 1.00 bits per heavy atom. The predicted molar refractivity (Wildman–Crippen MR) is 155 cm³/mol. The van der Waals surface area contributed by atoms with Crippen molar-refractivity contribution in [1.29, 1.82) is 0 Å². The van der Waals surface area contributed by atoms with Gasteiger partial charge in [-0.05, 0) is 48.2 Å². The van der Waals surface area contributed by atoms with Crippen LogP contribution in [0.2, 0.25) is 5.02 Å². The highest BCUT2D eigenvalue weighted by Gasteiger charge is 2.28. The van der Waals surface area contributed by atoms with E-state index in [1.807, 2.05) is 84.6 Å². The number of carboxylic acid groups (broad SMARTS) is 1. The van der Waals surface area contributed by atoms with Gasteiger partial charge < -0.3 is 14.6 Å². The Morgan fingerprint density at radius 2 is 1.71 bits per heavy atom. The number of rotatable bonds is 13. The molecule has 4 rings (SSSR count). The Hall–Kier alpha value is -3.29. The monoisotopic (exact) mass is 548 g/mol.